The standard InChI is InChI=1S/C12H16FNO2/c1-2-11(8-15)14-12(16)7-9-4-3-5-10(13)6-9/h3-6,11,15H,2,7-8H2,1H3,(H,14,16)/t11-/m1/s1. The van der Waals surface area contributed by atoms with Gasteiger partial charge in [-0.2, -0.15) is 0 Å². The summed E-state index contributed by atoms with van der Waals surface area (Å²) in [6.45, 7) is 1.80. The summed E-state index contributed by atoms with van der Waals surface area (Å²) in [6.07, 6.45) is 0.805. The molecular formula is C12H16FNO2. The third kappa shape index (κ3) is 3.98. The molecule has 0 saturated carbocycles. The molecule has 88 valence electrons. The predicted octanol–water partition coefficient (Wildman–Crippen LogP) is 1.26. The van der Waals surface area contributed by atoms with E-state index in [2.05, 4.69) is 5.32 Å². The van der Waals surface area contributed by atoms with Crippen LogP contribution in [0.4, 0.5) is 4.39 Å². The Balaban J connectivity index is 2.51. The largest absolute Gasteiger partial charge is 0.394 e. The summed E-state index contributed by atoms with van der Waals surface area (Å²) in [7, 11) is 0. The van der Waals surface area contributed by atoms with E-state index in [1.165, 1.54) is 12.1 Å². The Morgan fingerprint density at radius 3 is 2.88 bits per heavy atom. The average molecular weight is 225 g/mol. The van der Waals surface area contributed by atoms with E-state index in [9.17, 15) is 9.18 Å². The topological polar surface area (TPSA) is 49.3 Å². The highest BCUT2D eigenvalue weighted by Crippen LogP contribution is 2.04. The molecule has 0 aliphatic heterocycles. The van der Waals surface area contributed by atoms with Gasteiger partial charge < -0.3 is 10.4 Å². The van der Waals surface area contributed by atoms with Crippen LogP contribution in [-0.2, 0) is 11.2 Å². The van der Waals surface area contributed by atoms with Gasteiger partial charge in [0.25, 0.3) is 0 Å². The molecule has 16 heavy (non-hydrogen) atoms. The van der Waals surface area contributed by atoms with Crippen molar-refractivity contribution in [3.8, 4) is 0 Å². The van der Waals surface area contributed by atoms with E-state index < -0.39 is 0 Å². The maximum absolute atomic E-state index is 12.8. The van der Waals surface area contributed by atoms with Gasteiger partial charge in [0.1, 0.15) is 5.82 Å². The fourth-order valence-corrected chi connectivity index (χ4v) is 1.39. The SMILES string of the molecule is CC[C@H](CO)NC(=O)Cc1cccc(F)c1. The molecule has 0 aliphatic rings. The van der Waals surface area contributed by atoms with Crippen LogP contribution in [0.2, 0.25) is 0 Å². The maximum atomic E-state index is 12.8. The molecular weight excluding hydrogens is 209 g/mol. The van der Waals surface area contributed by atoms with Gasteiger partial charge in [0.05, 0.1) is 19.1 Å². The molecule has 0 fully saturated rings. The molecule has 1 atom stereocenters. The predicted molar refractivity (Wildman–Crippen MR) is 59.4 cm³/mol. The number of aliphatic hydroxyl groups excluding tert-OH is 1. The van der Waals surface area contributed by atoms with Crippen molar-refractivity contribution >= 4 is 5.91 Å². The lowest BCUT2D eigenvalue weighted by molar-refractivity contribution is -0.121. The Hall–Kier alpha value is -1.42. The Bertz CT molecular complexity index is 351. The van der Waals surface area contributed by atoms with E-state index in [0.717, 1.165) is 0 Å². The molecule has 0 radical (unpaired) electrons. The van der Waals surface area contributed by atoms with Gasteiger partial charge in [-0.1, -0.05) is 19.1 Å². The van der Waals surface area contributed by atoms with Gasteiger partial charge in [0, 0.05) is 0 Å². The zero-order valence-electron chi connectivity index (χ0n) is 9.24. The van der Waals surface area contributed by atoms with Crippen LogP contribution in [0, 0.1) is 5.82 Å². The number of aliphatic hydroxyl groups is 1. The molecule has 0 aliphatic carbocycles. The van der Waals surface area contributed by atoms with E-state index >= 15 is 0 Å². The summed E-state index contributed by atoms with van der Waals surface area (Å²) in [5.41, 5.74) is 0.630. The van der Waals surface area contributed by atoms with Crippen molar-refractivity contribution in [3.63, 3.8) is 0 Å². The van der Waals surface area contributed by atoms with Crippen molar-refractivity contribution in [2.75, 3.05) is 6.61 Å². The second-order valence-electron chi connectivity index (χ2n) is 3.66. The minimum Gasteiger partial charge on any atom is -0.394 e. The van der Waals surface area contributed by atoms with Crippen LogP contribution < -0.4 is 5.32 Å². The molecule has 0 heterocycles. The number of rotatable bonds is 5. The summed E-state index contributed by atoms with van der Waals surface area (Å²) in [5.74, 6) is -0.550. The second-order valence-corrected chi connectivity index (χ2v) is 3.66. The summed E-state index contributed by atoms with van der Waals surface area (Å²) in [5, 5.41) is 11.6. The normalized spacial score (nSPS) is 12.2. The highest BCUT2D eigenvalue weighted by Gasteiger charge is 2.09. The Kier molecular flexibility index (Phi) is 4.92. The minimum atomic E-state index is -0.348. The third-order valence-corrected chi connectivity index (χ3v) is 2.33. The monoisotopic (exact) mass is 225 g/mol. The van der Waals surface area contributed by atoms with Gasteiger partial charge >= 0.3 is 0 Å². The molecule has 0 aromatic heterocycles. The van der Waals surface area contributed by atoms with Gasteiger partial charge in [0.15, 0.2) is 0 Å². The third-order valence-electron chi connectivity index (χ3n) is 2.33. The number of hydrogen-bond donors (Lipinski definition) is 2. The van der Waals surface area contributed by atoms with Crippen LogP contribution in [0.1, 0.15) is 18.9 Å². The number of halogens is 1. The van der Waals surface area contributed by atoms with Gasteiger partial charge in [-0.05, 0) is 24.1 Å². The zero-order chi connectivity index (χ0) is 12.0. The van der Waals surface area contributed by atoms with E-state index in [-0.39, 0.29) is 30.8 Å². The zero-order valence-corrected chi connectivity index (χ0v) is 9.24. The number of benzene rings is 1. The fraction of sp³-hybridized carbons (Fsp3) is 0.417. The summed E-state index contributed by atoms with van der Waals surface area (Å²) in [4.78, 5) is 11.5. The minimum absolute atomic E-state index is 0.0780. The molecule has 0 spiro atoms. The molecule has 1 aromatic rings. The molecule has 0 saturated heterocycles. The van der Waals surface area contributed by atoms with Crippen LogP contribution >= 0.6 is 0 Å². The number of carbonyl (C=O) groups is 1. The molecule has 1 rings (SSSR count). The van der Waals surface area contributed by atoms with E-state index in [4.69, 9.17) is 5.11 Å². The van der Waals surface area contributed by atoms with E-state index in [1.54, 1.807) is 12.1 Å². The lowest BCUT2D eigenvalue weighted by Crippen LogP contribution is -2.37. The molecule has 3 nitrogen and oxygen atoms in total. The Morgan fingerprint density at radius 2 is 2.31 bits per heavy atom. The van der Waals surface area contributed by atoms with Gasteiger partial charge in [-0.25, -0.2) is 4.39 Å². The maximum Gasteiger partial charge on any atom is 0.224 e. The lowest BCUT2D eigenvalue weighted by Gasteiger charge is -2.13. The fourth-order valence-electron chi connectivity index (χ4n) is 1.39. The van der Waals surface area contributed by atoms with E-state index in [1.807, 2.05) is 6.92 Å². The molecule has 2 N–H and O–H groups in total. The van der Waals surface area contributed by atoms with Crippen molar-refractivity contribution in [2.45, 2.75) is 25.8 Å². The number of amides is 1. The summed E-state index contributed by atoms with van der Waals surface area (Å²) in [6, 6.07) is 5.72. The summed E-state index contributed by atoms with van der Waals surface area (Å²) >= 11 is 0. The van der Waals surface area contributed by atoms with Gasteiger partial charge in [-0.15, -0.1) is 0 Å². The Labute approximate surface area is 94.3 Å². The first kappa shape index (κ1) is 12.6. The average Bonchev–Trinajstić information content (AvgIpc) is 2.26. The Morgan fingerprint density at radius 1 is 1.56 bits per heavy atom. The molecule has 1 aromatic carbocycles. The van der Waals surface area contributed by atoms with Crippen molar-refractivity contribution < 1.29 is 14.3 Å². The number of carbonyl (C=O) groups excluding carboxylic acids is 1. The molecule has 4 heteroatoms. The second kappa shape index (κ2) is 6.23. The first-order valence-electron chi connectivity index (χ1n) is 5.30. The van der Waals surface area contributed by atoms with Crippen molar-refractivity contribution in [1.29, 1.82) is 0 Å². The van der Waals surface area contributed by atoms with Gasteiger partial charge in [-0.3, -0.25) is 4.79 Å². The lowest BCUT2D eigenvalue weighted by atomic mass is 10.1. The van der Waals surface area contributed by atoms with Crippen molar-refractivity contribution in [3.05, 3.63) is 35.6 Å². The van der Waals surface area contributed by atoms with Crippen LogP contribution in [0.5, 0.6) is 0 Å². The molecule has 0 unspecified atom stereocenters. The van der Waals surface area contributed by atoms with Crippen LogP contribution in [0.3, 0.4) is 0 Å². The first-order chi connectivity index (χ1) is 7.65. The first-order valence-corrected chi connectivity index (χ1v) is 5.30. The van der Waals surface area contributed by atoms with Crippen molar-refractivity contribution in [1.82, 2.24) is 5.32 Å². The quantitative estimate of drug-likeness (QED) is 0.792. The van der Waals surface area contributed by atoms with Crippen LogP contribution in [0.25, 0.3) is 0 Å². The number of nitrogens with one attached hydrogen (secondary N) is 1. The molecule has 0 bridgehead atoms. The van der Waals surface area contributed by atoms with Crippen molar-refractivity contribution in [2.24, 2.45) is 0 Å². The molecule has 1 amide bonds. The van der Waals surface area contributed by atoms with Crippen LogP contribution in [0.15, 0.2) is 24.3 Å². The smallest absolute Gasteiger partial charge is 0.224 e. The van der Waals surface area contributed by atoms with Gasteiger partial charge in [0.2, 0.25) is 5.91 Å². The number of hydrogen-bond acceptors (Lipinski definition) is 2. The van der Waals surface area contributed by atoms with E-state index in [0.29, 0.717) is 12.0 Å². The highest BCUT2D eigenvalue weighted by atomic mass is 19.1. The van der Waals surface area contributed by atoms with Crippen LogP contribution in [-0.4, -0.2) is 23.7 Å². The highest BCUT2D eigenvalue weighted by molar-refractivity contribution is 5.78. The summed E-state index contributed by atoms with van der Waals surface area (Å²) < 4.78 is 12.8.